The van der Waals surface area contributed by atoms with Crippen molar-refractivity contribution in [2.45, 2.75) is 43.4 Å². The molecule has 1 aromatic rings. The number of benzene rings is 1. The summed E-state index contributed by atoms with van der Waals surface area (Å²) in [5.41, 5.74) is 0.285. The first-order valence-electron chi connectivity index (χ1n) is 11.1. The minimum atomic E-state index is -3.74. The molecule has 0 aromatic heterocycles. The Labute approximate surface area is 177 Å². The Morgan fingerprint density at radius 1 is 1.03 bits per heavy atom. The number of hydrogen-bond acceptors (Lipinski definition) is 3. The lowest BCUT2D eigenvalue weighted by Gasteiger charge is -2.57. The second kappa shape index (κ2) is 7.48. The molecule has 4 bridgehead atoms. The van der Waals surface area contributed by atoms with Gasteiger partial charge in [0.1, 0.15) is 5.82 Å². The van der Waals surface area contributed by atoms with E-state index in [0.717, 1.165) is 30.4 Å². The number of hydrogen-bond donors (Lipinski definition) is 1. The summed E-state index contributed by atoms with van der Waals surface area (Å²) in [5, 5.41) is 3.17. The number of carbonyl (C=O) groups excluding carboxylic acids is 1. The van der Waals surface area contributed by atoms with Crippen molar-refractivity contribution in [3.63, 3.8) is 0 Å². The van der Waals surface area contributed by atoms with Gasteiger partial charge in [-0.15, -0.1) is 0 Å². The van der Waals surface area contributed by atoms with E-state index in [9.17, 15) is 17.6 Å². The van der Waals surface area contributed by atoms with E-state index in [2.05, 4.69) is 5.32 Å². The number of nitrogens with zero attached hydrogens (tertiary/aromatic N) is 2. The van der Waals surface area contributed by atoms with Gasteiger partial charge in [-0.3, -0.25) is 0 Å². The van der Waals surface area contributed by atoms with Gasteiger partial charge in [-0.05, 0) is 79.9 Å². The van der Waals surface area contributed by atoms with Crippen molar-refractivity contribution in [1.82, 2.24) is 14.5 Å². The Morgan fingerprint density at radius 3 is 2.20 bits per heavy atom. The predicted molar refractivity (Wildman–Crippen MR) is 111 cm³/mol. The molecular weight excluding hydrogens is 405 g/mol. The lowest BCUT2D eigenvalue weighted by atomic mass is 9.49. The second-order valence-electron chi connectivity index (χ2n) is 9.92. The van der Waals surface area contributed by atoms with Crippen LogP contribution in [0.15, 0.2) is 29.2 Å². The molecule has 5 aliphatic rings. The quantitative estimate of drug-likeness (QED) is 0.790. The van der Waals surface area contributed by atoms with E-state index in [1.807, 2.05) is 0 Å². The molecule has 4 saturated carbocycles. The van der Waals surface area contributed by atoms with Gasteiger partial charge in [-0.2, -0.15) is 4.31 Å². The predicted octanol–water partition coefficient (Wildman–Crippen LogP) is 3.06. The fourth-order valence-corrected chi connectivity index (χ4v) is 8.24. The average Bonchev–Trinajstić information content (AvgIpc) is 2.71. The van der Waals surface area contributed by atoms with Crippen LogP contribution in [0.3, 0.4) is 0 Å². The zero-order chi connectivity index (χ0) is 20.9. The fourth-order valence-electron chi connectivity index (χ4n) is 6.79. The standard InChI is InChI=1S/C22H30FN3O3S/c23-19-2-1-3-20(11-19)30(28,29)26-6-4-25(5-7-26)21(27)24-15-22-12-16-8-17(13-22)10-18(9-16)14-22/h1-3,11,16-18H,4-10,12-15H2,(H,24,27). The first kappa shape index (κ1) is 20.2. The molecule has 4 aliphatic carbocycles. The van der Waals surface area contributed by atoms with Crippen LogP contribution in [0.5, 0.6) is 0 Å². The molecular formula is C22H30FN3O3S. The summed E-state index contributed by atoms with van der Waals surface area (Å²) in [7, 11) is -3.74. The van der Waals surface area contributed by atoms with Crippen LogP contribution < -0.4 is 5.32 Å². The number of nitrogens with one attached hydrogen (secondary N) is 1. The lowest BCUT2D eigenvalue weighted by molar-refractivity contribution is -0.0503. The summed E-state index contributed by atoms with van der Waals surface area (Å²) in [6, 6.07) is 4.98. The number of carbonyl (C=O) groups is 1. The molecule has 6 nitrogen and oxygen atoms in total. The maximum Gasteiger partial charge on any atom is 0.317 e. The minimum absolute atomic E-state index is 0.0396. The molecule has 8 heteroatoms. The van der Waals surface area contributed by atoms with Crippen molar-refractivity contribution < 1.29 is 17.6 Å². The van der Waals surface area contributed by atoms with Gasteiger partial charge in [-0.25, -0.2) is 17.6 Å². The number of urea groups is 1. The van der Waals surface area contributed by atoms with Gasteiger partial charge in [0.15, 0.2) is 0 Å². The molecule has 164 valence electrons. The van der Waals surface area contributed by atoms with Crippen molar-refractivity contribution in [2.75, 3.05) is 32.7 Å². The summed E-state index contributed by atoms with van der Waals surface area (Å²) in [6.45, 7) is 1.90. The third-order valence-electron chi connectivity index (χ3n) is 7.74. The second-order valence-corrected chi connectivity index (χ2v) is 11.9. The van der Waals surface area contributed by atoms with Gasteiger partial charge in [0.2, 0.25) is 10.0 Å². The van der Waals surface area contributed by atoms with E-state index in [0.29, 0.717) is 13.1 Å². The third kappa shape index (κ3) is 3.73. The Morgan fingerprint density at radius 2 is 1.63 bits per heavy atom. The number of piperazine rings is 1. The molecule has 2 amide bonds. The Balaban J connectivity index is 1.16. The van der Waals surface area contributed by atoms with Crippen molar-refractivity contribution in [3.8, 4) is 0 Å². The highest BCUT2D eigenvalue weighted by molar-refractivity contribution is 7.89. The Bertz CT molecular complexity index is 892. The van der Waals surface area contributed by atoms with Gasteiger partial charge in [0.05, 0.1) is 4.90 Å². The molecule has 30 heavy (non-hydrogen) atoms. The van der Waals surface area contributed by atoms with Crippen LogP contribution in [-0.4, -0.2) is 56.4 Å². The molecule has 0 unspecified atom stereocenters. The highest BCUT2D eigenvalue weighted by Gasteiger charge is 2.50. The van der Waals surface area contributed by atoms with E-state index >= 15 is 0 Å². The minimum Gasteiger partial charge on any atom is -0.337 e. The molecule has 6 rings (SSSR count). The molecule has 1 N–H and O–H groups in total. The van der Waals surface area contributed by atoms with Crippen LogP contribution in [-0.2, 0) is 10.0 Å². The van der Waals surface area contributed by atoms with E-state index < -0.39 is 15.8 Å². The molecule has 5 fully saturated rings. The summed E-state index contributed by atoms with van der Waals surface area (Å²) in [5.74, 6) is 1.98. The van der Waals surface area contributed by atoms with Crippen LogP contribution >= 0.6 is 0 Å². The van der Waals surface area contributed by atoms with Crippen LogP contribution in [0.2, 0.25) is 0 Å². The molecule has 1 aliphatic heterocycles. The van der Waals surface area contributed by atoms with Gasteiger partial charge >= 0.3 is 6.03 Å². The molecule has 0 spiro atoms. The molecule has 1 heterocycles. The highest BCUT2D eigenvalue weighted by atomic mass is 32.2. The van der Waals surface area contributed by atoms with Crippen LogP contribution in [0.1, 0.15) is 38.5 Å². The average molecular weight is 436 g/mol. The number of rotatable bonds is 4. The van der Waals surface area contributed by atoms with Gasteiger partial charge < -0.3 is 10.2 Å². The maximum atomic E-state index is 13.4. The molecule has 0 atom stereocenters. The van der Waals surface area contributed by atoms with Crippen LogP contribution in [0.25, 0.3) is 0 Å². The molecule has 1 saturated heterocycles. The van der Waals surface area contributed by atoms with Crippen molar-refractivity contribution >= 4 is 16.1 Å². The SMILES string of the molecule is O=C(NCC12CC3CC(CC(C3)C1)C2)N1CCN(S(=O)(=O)c2cccc(F)c2)CC1. The van der Waals surface area contributed by atoms with Crippen molar-refractivity contribution in [2.24, 2.45) is 23.2 Å². The lowest BCUT2D eigenvalue weighted by Crippen LogP contribution is -2.56. The fraction of sp³-hybridized carbons (Fsp3) is 0.682. The topological polar surface area (TPSA) is 69.7 Å². The highest BCUT2D eigenvalue weighted by Crippen LogP contribution is 2.59. The number of halogens is 1. The molecule has 0 radical (unpaired) electrons. The molecule has 1 aromatic carbocycles. The van der Waals surface area contributed by atoms with Crippen molar-refractivity contribution in [3.05, 3.63) is 30.1 Å². The van der Waals surface area contributed by atoms with Gasteiger partial charge in [0.25, 0.3) is 0 Å². The van der Waals surface area contributed by atoms with E-state index in [1.54, 1.807) is 4.90 Å². The zero-order valence-electron chi connectivity index (χ0n) is 17.2. The van der Waals surface area contributed by atoms with E-state index in [4.69, 9.17) is 0 Å². The maximum absolute atomic E-state index is 13.4. The number of sulfonamides is 1. The monoisotopic (exact) mass is 435 g/mol. The summed E-state index contributed by atoms with van der Waals surface area (Å²) in [6.07, 6.45) is 7.90. The summed E-state index contributed by atoms with van der Waals surface area (Å²) in [4.78, 5) is 14.4. The largest absolute Gasteiger partial charge is 0.337 e. The smallest absolute Gasteiger partial charge is 0.317 e. The first-order valence-corrected chi connectivity index (χ1v) is 12.6. The normalized spacial score (nSPS) is 33.6. The zero-order valence-corrected chi connectivity index (χ0v) is 18.0. The summed E-state index contributed by atoms with van der Waals surface area (Å²) >= 11 is 0. The first-order chi connectivity index (χ1) is 14.3. The van der Waals surface area contributed by atoms with Gasteiger partial charge in [-0.1, -0.05) is 6.07 Å². The van der Waals surface area contributed by atoms with E-state index in [1.165, 1.54) is 61.0 Å². The van der Waals surface area contributed by atoms with Crippen molar-refractivity contribution in [1.29, 1.82) is 0 Å². The van der Waals surface area contributed by atoms with E-state index in [-0.39, 0.29) is 29.4 Å². The Kier molecular flexibility index (Phi) is 5.05. The van der Waals surface area contributed by atoms with Gasteiger partial charge in [0, 0.05) is 32.7 Å². The third-order valence-corrected chi connectivity index (χ3v) is 9.63. The number of amides is 2. The summed E-state index contributed by atoms with van der Waals surface area (Å²) < 4.78 is 40.3. The van der Waals surface area contributed by atoms with Crippen LogP contribution in [0.4, 0.5) is 9.18 Å². The Hall–Kier alpha value is -1.67. The van der Waals surface area contributed by atoms with Crippen LogP contribution in [0, 0.1) is 29.0 Å².